The maximum atomic E-state index is 13.2. The van der Waals surface area contributed by atoms with E-state index in [2.05, 4.69) is 5.32 Å². The molecule has 5 heteroatoms. The Morgan fingerprint density at radius 3 is 2.58 bits per heavy atom. The van der Waals surface area contributed by atoms with Gasteiger partial charge in [-0.2, -0.15) is 4.31 Å². The predicted molar refractivity (Wildman–Crippen MR) is 97.6 cm³/mol. The zero-order chi connectivity index (χ0) is 17.2. The largest absolute Gasteiger partial charge is 0.385 e. The number of hydrogen-bond donors (Lipinski definition) is 1. The maximum absolute atomic E-state index is 13.2. The summed E-state index contributed by atoms with van der Waals surface area (Å²) in [6, 6.07) is 15.1. The van der Waals surface area contributed by atoms with E-state index in [1.54, 1.807) is 10.4 Å². The number of rotatable bonds is 5. The smallest absolute Gasteiger partial charge is 0.243 e. The molecule has 1 aliphatic heterocycles. The number of nitrogens with one attached hydrogen (secondary N) is 1. The van der Waals surface area contributed by atoms with Crippen LogP contribution >= 0.6 is 0 Å². The molecule has 0 unspecified atom stereocenters. The summed E-state index contributed by atoms with van der Waals surface area (Å²) in [6.45, 7) is 5.17. The molecule has 24 heavy (non-hydrogen) atoms. The fourth-order valence-corrected chi connectivity index (χ4v) is 4.73. The number of aryl methyl sites for hydroxylation is 1. The Morgan fingerprint density at radius 2 is 1.88 bits per heavy atom. The van der Waals surface area contributed by atoms with Crippen LogP contribution in [0, 0.1) is 0 Å². The second-order valence-electron chi connectivity index (χ2n) is 6.48. The molecule has 1 aliphatic rings. The Kier molecular flexibility index (Phi) is 4.92. The number of fused-ring (bicyclic) bond motifs is 1. The van der Waals surface area contributed by atoms with Crippen LogP contribution in [0.15, 0.2) is 53.4 Å². The van der Waals surface area contributed by atoms with E-state index >= 15 is 0 Å². The average Bonchev–Trinajstić information content (AvgIpc) is 2.59. The molecule has 1 N–H and O–H groups in total. The third-order valence-electron chi connectivity index (χ3n) is 4.38. The van der Waals surface area contributed by atoms with Crippen molar-refractivity contribution >= 4 is 15.7 Å². The Balaban J connectivity index is 1.94. The number of hydrogen-bond acceptors (Lipinski definition) is 3. The van der Waals surface area contributed by atoms with Crippen LogP contribution in [0.25, 0.3) is 0 Å². The molecule has 0 aliphatic carbocycles. The average molecular weight is 344 g/mol. The molecule has 128 valence electrons. The van der Waals surface area contributed by atoms with Gasteiger partial charge in [0.25, 0.3) is 0 Å². The molecule has 1 heterocycles. The van der Waals surface area contributed by atoms with Gasteiger partial charge in [-0.3, -0.25) is 0 Å². The second-order valence-corrected chi connectivity index (χ2v) is 8.37. The summed E-state index contributed by atoms with van der Waals surface area (Å²) >= 11 is 0. The molecule has 0 amide bonds. The molecular formula is C19H24N2O2S. The molecule has 0 bridgehead atoms. The summed E-state index contributed by atoms with van der Waals surface area (Å²) in [7, 11) is -3.53. The van der Waals surface area contributed by atoms with Gasteiger partial charge in [-0.15, -0.1) is 0 Å². The molecule has 0 aromatic heterocycles. The van der Waals surface area contributed by atoms with Crippen LogP contribution in [0.2, 0.25) is 0 Å². The van der Waals surface area contributed by atoms with Gasteiger partial charge >= 0.3 is 0 Å². The van der Waals surface area contributed by atoms with Crippen LogP contribution in [0.5, 0.6) is 0 Å². The Morgan fingerprint density at radius 1 is 1.12 bits per heavy atom. The lowest BCUT2D eigenvalue weighted by molar-refractivity contribution is 0.348. The summed E-state index contributed by atoms with van der Waals surface area (Å²) in [6.07, 6.45) is 1.96. The Bertz CT molecular complexity index is 801. The first-order chi connectivity index (χ1) is 11.5. The summed E-state index contributed by atoms with van der Waals surface area (Å²) in [5.41, 5.74) is 3.14. The highest BCUT2D eigenvalue weighted by Gasteiger charge is 2.28. The SMILES string of the molecule is CC(C)N(Cc1ccccc1)S(=O)(=O)c1ccc2c(c1)CCCN2. The number of sulfonamides is 1. The maximum Gasteiger partial charge on any atom is 0.243 e. The standard InChI is InChI=1S/C19H24N2O2S/c1-15(2)21(14-16-7-4-3-5-8-16)24(22,23)18-10-11-19-17(13-18)9-6-12-20-19/h3-5,7-8,10-11,13,15,20H,6,9,12,14H2,1-2H3. The van der Waals surface area contributed by atoms with Gasteiger partial charge in [-0.05, 0) is 56.0 Å². The van der Waals surface area contributed by atoms with Gasteiger partial charge in [0.2, 0.25) is 10.0 Å². The van der Waals surface area contributed by atoms with Crippen molar-refractivity contribution in [3.63, 3.8) is 0 Å². The molecule has 2 aromatic carbocycles. The molecule has 0 saturated carbocycles. The van der Waals surface area contributed by atoms with Crippen molar-refractivity contribution in [3.05, 3.63) is 59.7 Å². The lowest BCUT2D eigenvalue weighted by Crippen LogP contribution is -2.36. The molecule has 4 nitrogen and oxygen atoms in total. The highest BCUT2D eigenvalue weighted by molar-refractivity contribution is 7.89. The molecule has 2 aromatic rings. The first-order valence-corrected chi connectivity index (χ1v) is 9.85. The van der Waals surface area contributed by atoms with Gasteiger partial charge in [0, 0.05) is 24.8 Å². The third kappa shape index (κ3) is 3.47. The van der Waals surface area contributed by atoms with Crippen molar-refractivity contribution in [2.45, 2.75) is 44.2 Å². The quantitative estimate of drug-likeness (QED) is 0.901. The summed E-state index contributed by atoms with van der Waals surface area (Å²) in [5.74, 6) is 0. The monoisotopic (exact) mass is 344 g/mol. The lowest BCUT2D eigenvalue weighted by atomic mass is 10.0. The van der Waals surface area contributed by atoms with E-state index in [0.717, 1.165) is 36.2 Å². The number of anilines is 1. The molecule has 0 spiro atoms. The first-order valence-electron chi connectivity index (χ1n) is 8.41. The topological polar surface area (TPSA) is 49.4 Å². The Hall–Kier alpha value is -1.85. The van der Waals surface area contributed by atoms with Gasteiger partial charge in [-0.1, -0.05) is 30.3 Å². The molecular weight excluding hydrogens is 320 g/mol. The minimum absolute atomic E-state index is 0.107. The third-order valence-corrected chi connectivity index (χ3v) is 6.40. The van der Waals surface area contributed by atoms with E-state index < -0.39 is 10.0 Å². The van der Waals surface area contributed by atoms with E-state index in [0.29, 0.717) is 11.4 Å². The van der Waals surface area contributed by atoms with E-state index in [9.17, 15) is 8.42 Å². The van der Waals surface area contributed by atoms with E-state index in [4.69, 9.17) is 0 Å². The fourth-order valence-electron chi connectivity index (χ4n) is 3.06. The summed E-state index contributed by atoms with van der Waals surface area (Å²) in [5, 5.41) is 3.32. The van der Waals surface area contributed by atoms with Crippen LogP contribution in [-0.2, 0) is 23.0 Å². The molecule has 0 radical (unpaired) electrons. The molecule has 0 atom stereocenters. The first kappa shape index (κ1) is 17.0. The van der Waals surface area contributed by atoms with E-state index in [1.807, 2.05) is 56.3 Å². The predicted octanol–water partition coefficient (Wildman–Crippen LogP) is 3.64. The van der Waals surface area contributed by atoms with Gasteiger partial charge in [0.1, 0.15) is 0 Å². The van der Waals surface area contributed by atoms with Crippen LogP contribution < -0.4 is 5.32 Å². The Labute approximate surface area is 144 Å². The van der Waals surface area contributed by atoms with Crippen LogP contribution in [-0.4, -0.2) is 25.3 Å². The summed E-state index contributed by atoms with van der Waals surface area (Å²) in [4.78, 5) is 0.384. The zero-order valence-corrected chi connectivity index (χ0v) is 15.0. The van der Waals surface area contributed by atoms with Crippen molar-refractivity contribution in [1.29, 1.82) is 0 Å². The van der Waals surface area contributed by atoms with Crippen molar-refractivity contribution < 1.29 is 8.42 Å². The van der Waals surface area contributed by atoms with Gasteiger partial charge in [-0.25, -0.2) is 8.42 Å². The van der Waals surface area contributed by atoms with Gasteiger partial charge < -0.3 is 5.32 Å². The van der Waals surface area contributed by atoms with Gasteiger partial charge in [0.05, 0.1) is 4.90 Å². The van der Waals surface area contributed by atoms with Crippen molar-refractivity contribution in [2.24, 2.45) is 0 Å². The van der Waals surface area contributed by atoms with Crippen LogP contribution in [0.3, 0.4) is 0 Å². The minimum Gasteiger partial charge on any atom is -0.385 e. The molecule has 0 saturated heterocycles. The van der Waals surface area contributed by atoms with E-state index in [1.165, 1.54) is 0 Å². The van der Waals surface area contributed by atoms with Crippen LogP contribution in [0.1, 0.15) is 31.4 Å². The second kappa shape index (κ2) is 6.95. The van der Waals surface area contributed by atoms with Gasteiger partial charge in [0.15, 0.2) is 0 Å². The fraction of sp³-hybridized carbons (Fsp3) is 0.368. The minimum atomic E-state index is -3.53. The normalized spacial score (nSPS) is 14.5. The number of nitrogens with zero attached hydrogens (tertiary/aromatic N) is 1. The van der Waals surface area contributed by atoms with Crippen molar-refractivity contribution in [2.75, 3.05) is 11.9 Å². The zero-order valence-electron chi connectivity index (χ0n) is 14.2. The van der Waals surface area contributed by atoms with Crippen molar-refractivity contribution in [3.8, 4) is 0 Å². The highest BCUT2D eigenvalue weighted by Crippen LogP contribution is 2.28. The van der Waals surface area contributed by atoms with Crippen molar-refractivity contribution in [1.82, 2.24) is 4.31 Å². The molecule has 3 rings (SSSR count). The summed E-state index contributed by atoms with van der Waals surface area (Å²) < 4.78 is 27.9. The van der Waals surface area contributed by atoms with Crippen LogP contribution in [0.4, 0.5) is 5.69 Å². The number of benzene rings is 2. The molecule has 0 fully saturated rings. The highest BCUT2D eigenvalue weighted by atomic mass is 32.2. The lowest BCUT2D eigenvalue weighted by Gasteiger charge is -2.27. The van der Waals surface area contributed by atoms with E-state index in [-0.39, 0.29) is 6.04 Å².